The summed E-state index contributed by atoms with van der Waals surface area (Å²) in [5.74, 6) is 0.198. The van der Waals surface area contributed by atoms with Crippen LogP contribution in [0.1, 0.15) is 24.6 Å². The van der Waals surface area contributed by atoms with E-state index in [4.69, 9.17) is 4.74 Å². The normalized spacial score (nSPS) is 20.3. The fraction of sp³-hybridized carbons (Fsp3) is 0.353. The van der Waals surface area contributed by atoms with Crippen molar-refractivity contribution in [1.82, 2.24) is 30.1 Å². The SMILES string of the molecule is O=C(COc1ccc2nncn2n1)NC(c1ccccn1)C1CC(O)C1. The molecule has 0 spiro atoms. The summed E-state index contributed by atoms with van der Waals surface area (Å²) in [6.45, 7) is -0.167. The molecule has 0 bridgehead atoms. The minimum atomic E-state index is -0.306. The van der Waals surface area contributed by atoms with Gasteiger partial charge in [-0.15, -0.1) is 15.3 Å². The van der Waals surface area contributed by atoms with Crippen LogP contribution in [0.4, 0.5) is 0 Å². The minimum absolute atomic E-state index is 0.162. The molecule has 1 unspecified atom stereocenters. The molecule has 1 aliphatic rings. The quantitative estimate of drug-likeness (QED) is 0.663. The number of nitrogens with one attached hydrogen (secondary N) is 1. The maximum Gasteiger partial charge on any atom is 0.258 e. The number of ether oxygens (including phenoxy) is 1. The number of pyridine rings is 1. The number of aromatic nitrogens is 5. The van der Waals surface area contributed by atoms with Gasteiger partial charge in [-0.3, -0.25) is 9.78 Å². The molecule has 1 fully saturated rings. The summed E-state index contributed by atoms with van der Waals surface area (Å²) in [5, 5.41) is 24.3. The number of hydrogen-bond acceptors (Lipinski definition) is 7. The first-order valence-electron chi connectivity index (χ1n) is 8.37. The van der Waals surface area contributed by atoms with Crippen molar-refractivity contribution >= 4 is 11.6 Å². The molecule has 3 heterocycles. The van der Waals surface area contributed by atoms with Crippen LogP contribution in [0.2, 0.25) is 0 Å². The molecule has 1 atom stereocenters. The van der Waals surface area contributed by atoms with Crippen molar-refractivity contribution in [2.24, 2.45) is 5.92 Å². The Kier molecular flexibility index (Phi) is 4.44. The van der Waals surface area contributed by atoms with E-state index >= 15 is 0 Å². The molecule has 0 saturated heterocycles. The van der Waals surface area contributed by atoms with Crippen LogP contribution in [0.3, 0.4) is 0 Å². The van der Waals surface area contributed by atoms with E-state index in [9.17, 15) is 9.90 Å². The number of carbonyl (C=O) groups is 1. The van der Waals surface area contributed by atoms with E-state index in [0.29, 0.717) is 24.4 Å². The van der Waals surface area contributed by atoms with Crippen LogP contribution in [-0.2, 0) is 4.79 Å². The first-order valence-corrected chi connectivity index (χ1v) is 8.37. The Morgan fingerprint density at radius 2 is 2.23 bits per heavy atom. The Balaban J connectivity index is 1.39. The van der Waals surface area contributed by atoms with Crippen molar-refractivity contribution in [2.45, 2.75) is 25.0 Å². The van der Waals surface area contributed by atoms with Gasteiger partial charge in [0, 0.05) is 12.3 Å². The molecule has 26 heavy (non-hydrogen) atoms. The molecule has 9 heteroatoms. The number of hydrogen-bond donors (Lipinski definition) is 2. The molecule has 3 aromatic rings. The largest absolute Gasteiger partial charge is 0.467 e. The van der Waals surface area contributed by atoms with Gasteiger partial charge in [-0.1, -0.05) is 6.07 Å². The molecule has 0 radical (unpaired) electrons. The minimum Gasteiger partial charge on any atom is -0.467 e. The van der Waals surface area contributed by atoms with E-state index in [0.717, 1.165) is 5.69 Å². The summed E-state index contributed by atoms with van der Waals surface area (Å²) in [6.07, 6.45) is 4.14. The average molecular weight is 354 g/mol. The van der Waals surface area contributed by atoms with Crippen LogP contribution in [0.25, 0.3) is 5.65 Å². The standard InChI is InChI=1S/C17H18N6O3/c24-12-7-11(8-12)17(13-3-1-2-6-18-13)20-15(25)9-26-16-5-4-14-21-19-10-23(14)22-16/h1-6,10-12,17,24H,7-9H2,(H,20,25). The number of aliphatic hydroxyl groups is 1. The molecule has 4 rings (SSSR count). The molecule has 134 valence electrons. The molecule has 9 nitrogen and oxygen atoms in total. The highest BCUT2D eigenvalue weighted by Gasteiger charge is 2.36. The van der Waals surface area contributed by atoms with Crippen LogP contribution < -0.4 is 10.1 Å². The third-order valence-corrected chi connectivity index (χ3v) is 4.43. The van der Waals surface area contributed by atoms with Gasteiger partial charge in [0.2, 0.25) is 5.88 Å². The van der Waals surface area contributed by atoms with E-state index in [2.05, 4.69) is 25.6 Å². The second-order valence-corrected chi connectivity index (χ2v) is 6.28. The highest BCUT2D eigenvalue weighted by Crippen LogP contribution is 2.37. The first-order chi connectivity index (χ1) is 12.7. The molecule has 1 amide bonds. The van der Waals surface area contributed by atoms with Crippen LogP contribution in [-0.4, -0.2) is 48.5 Å². The predicted octanol–water partition coefficient (Wildman–Crippen LogP) is 0.526. The zero-order valence-corrected chi connectivity index (χ0v) is 13.9. The number of amides is 1. The molecule has 0 aliphatic heterocycles. The first kappa shape index (κ1) is 16.4. The number of fused-ring (bicyclic) bond motifs is 1. The van der Waals surface area contributed by atoms with Crippen LogP contribution in [0, 0.1) is 5.92 Å². The lowest BCUT2D eigenvalue weighted by molar-refractivity contribution is -0.125. The van der Waals surface area contributed by atoms with Crippen molar-refractivity contribution in [2.75, 3.05) is 6.61 Å². The van der Waals surface area contributed by atoms with E-state index < -0.39 is 0 Å². The highest BCUT2D eigenvalue weighted by molar-refractivity contribution is 5.78. The van der Waals surface area contributed by atoms with Gasteiger partial charge in [0.15, 0.2) is 12.3 Å². The summed E-state index contributed by atoms with van der Waals surface area (Å²) in [7, 11) is 0. The van der Waals surface area contributed by atoms with Gasteiger partial charge in [-0.25, -0.2) is 0 Å². The predicted molar refractivity (Wildman–Crippen MR) is 90.1 cm³/mol. The Morgan fingerprint density at radius 3 is 3.00 bits per heavy atom. The maximum atomic E-state index is 12.4. The van der Waals surface area contributed by atoms with E-state index in [1.807, 2.05) is 18.2 Å². The molecule has 0 aromatic carbocycles. The van der Waals surface area contributed by atoms with Gasteiger partial charge in [-0.2, -0.15) is 4.52 Å². The average Bonchev–Trinajstić information content (AvgIpc) is 3.10. The van der Waals surface area contributed by atoms with Crippen molar-refractivity contribution in [3.05, 3.63) is 48.5 Å². The smallest absolute Gasteiger partial charge is 0.258 e. The third kappa shape index (κ3) is 3.47. The van der Waals surface area contributed by atoms with Gasteiger partial charge in [0.1, 0.15) is 6.33 Å². The Bertz CT molecular complexity index is 894. The lowest BCUT2D eigenvalue weighted by Gasteiger charge is -2.37. The molecular formula is C17H18N6O3. The van der Waals surface area contributed by atoms with E-state index in [1.54, 1.807) is 18.3 Å². The monoisotopic (exact) mass is 354 g/mol. The van der Waals surface area contributed by atoms with Gasteiger partial charge in [-0.05, 0) is 37.0 Å². The fourth-order valence-electron chi connectivity index (χ4n) is 3.04. The van der Waals surface area contributed by atoms with Crippen LogP contribution >= 0.6 is 0 Å². The van der Waals surface area contributed by atoms with Crippen molar-refractivity contribution < 1.29 is 14.6 Å². The lowest BCUT2D eigenvalue weighted by atomic mass is 9.76. The molecule has 3 aromatic heterocycles. The van der Waals surface area contributed by atoms with Crippen molar-refractivity contribution in [3.63, 3.8) is 0 Å². The molecular weight excluding hydrogens is 336 g/mol. The molecule has 2 N–H and O–H groups in total. The summed E-state index contributed by atoms with van der Waals surface area (Å²) < 4.78 is 6.94. The van der Waals surface area contributed by atoms with E-state index in [1.165, 1.54) is 10.8 Å². The summed E-state index contributed by atoms with van der Waals surface area (Å²) in [5.41, 5.74) is 1.38. The summed E-state index contributed by atoms with van der Waals surface area (Å²) >= 11 is 0. The number of aliphatic hydroxyl groups excluding tert-OH is 1. The number of rotatable bonds is 6. The Hall–Kier alpha value is -3.07. The van der Waals surface area contributed by atoms with Gasteiger partial charge >= 0.3 is 0 Å². The van der Waals surface area contributed by atoms with E-state index in [-0.39, 0.29) is 30.6 Å². The Labute approximate surface area is 149 Å². The van der Waals surface area contributed by atoms with Crippen molar-refractivity contribution in [1.29, 1.82) is 0 Å². The zero-order chi connectivity index (χ0) is 17.9. The number of nitrogens with zero attached hydrogens (tertiary/aromatic N) is 5. The third-order valence-electron chi connectivity index (χ3n) is 4.43. The molecule has 1 saturated carbocycles. The highest BCUT2D eigenvalue weighted by atomic mass is 16.5. The fourth-order valence-corrected chi connectivity index (χ4v) is 3.04. The van der Waals surface area contributed by atoms with Gasteiger partial charge in [0.25, 0.3) is 5.91 Å². The maximum absolute atomic E-state index is 12.4. The second kappa shape index (κ2) is 7.04. The molecule has 1 aliphatic carbocycles. The summed E-state index contributed by atoms with van der Waals surface area (Å²) in [4.78, 5) is 16.7. The van der Waals surface area contributed by atoms with Gasteiger partial charge < -0.3 is 15.2 Å². The zero-order valence-electron chi connectivity index (χ0n) is 13.9. The lowest BCUT2D eigenvalue weighted by Crippen LogP contribution is -2.43. The summed E-state index contributed by atoms with van der Waals surface area (Å²) in [6, 6.07) is 8.68. The van der Waals surface area contributed by atoms with Gasteiger partial charge in [0.05, 0.1) is 17.8 Å². The number of carbonyl (C=O) groups excluding carboxylic acids is 1. The topological polar surface area (TPSA) is 115 Å². The Morgan fingerprint density at radius 1 is 1.35 bits per heavy atom. The van der Waals surface area contributed by atoms with Crippen LogP contribution in [0.5, 0.6) is 5.88 Å². The second-order valence-electron chi connectivity index (χ2n) is 6.28. The van der Waals surface area contributed by atoms with Crippen LogP contribution in [0.15, 0.2) is 42.9 Å². The van der Waals surface area contributed by atoms with Crippen molar-refractivity contribution in [3.8, 4) is 5.88 Å².